The van der Waals surface area contributed by atoms with E-state index in [1.807, 2.05) is 26.0 Å². The van der Waals surface area contributed by atoms with Crippen molar-refractivity contribution in [3.63, 3.8) is 0 Å². The second-order valence-corrected chi connectivity index (χ2v) is 10.4. The lowest BCUT2D eigenvalue weighted by atomic mass is 9.93. The van der Waals surface area contributed by atoms with Crippen molar-refractivity contribution in [2.75, 3.05) is 6.61 Å². The number of benzene rings is 1. The van der Waals surface area contributed by atoms with E-state index in [-0.39, 0.29) is 12.4 Å². The molecule has 2 aromatic rings. The van der Waals surface area contributed by atoms with E-state index in [1.54, 1.807) is 11.3 Å². The molecule has 2 atom stereocenters. The second kappa shape index (κ2) is 6.98. The summed E-state index contributed by atoms with van der Waals surface area (Å²) in [6, 6.07) is 4.00. The van der Waals surface area contributed by atoms with Crippen LogP contribution in [0.15, 0.2) is 12.1 Å². The van der Waals surface area contributed by atoms with Crippen LogP contribution in [0.25, 0.3) is 0 Å². The number of ether oxygens (including phenoxy) is 1. The lowest BCUT2D eigenvalue weighted by Crippen LogP contribution is -2.11. The monoisotopic (exact) mass is 412 g/mol. The molecule has 1 fully saturated rings. The standard InChI is InChI=1S/C24H28O4S/c1-12-8-15(9-13(2)22(12)28-11-19(26)27)6-7-18(25)23-16-10-17-21(24(17,4)5)20(16)14(3)29-23/h8-9,17,21H,6-7,10-11H2,1-5H3,(H,26,27)/t17-,21-/m1/s1. The number of Topliss-reactive ketones (excluding diaryl/α,β-unsaturated/α-hetero) is 1. The van der Waals surface area contributed by atoms with Gasteiger partial charge in [0.1, 0.15) is 5.75 Å². The number of carbonyl (C=O) groups is 2. The van der Waals surface area contributed by atoms with Gasteiger partial charge in [-0.1, -0.05) is 26.0 Å². The lowest BCUT2D eigenvalue weighted by Gasteiger charge is -2.13. The molecule has 0 saturated heterocycles. The SMILES string of the molecule is Cc1cc(CCC(=O)c2sc(C)c3c2C[C@@H]2[C@H]3C2(C)C)cc(C)c1OCC(=O)O. The second-order valence-electron chi connectivity index (χ2n) is 9.15. The molecule has 4 rings (SSSR count). The Bertz CT molecular complexity index is 991. The van der Waals surface area contributed by atoms with Crippen LogP contribution in [0.2, 0.25) is 0 Å². The Morgan fingerprint density at radius 3 is 2.48 bits per heavy atom. The van der Waals surface area contributed by atoms with Crippen molar-refractivity contribution in [1.29, 1.82) is 0 Å². The van der Waals surface area contributed by atoms with Crippen molar-refractivity contribution in [3.05, 3.63) is 49.7 Å². The first-order valence-electron chi connectivity index (χ1n) is 10.2. The fourth-order valence-corrected chi connectivity index (χ4v) is 6.47. The van der Waals surface area contributed by atoms with E-state index < -0.39 is 5.97 Å². The Kier molecular flexibility index (Phi) is 4.85. The smallest absolute Gasteiger partial charge is 0.341 e. The van der Waals surface area contributed by atoms with Crippen molar-refractivity contribution in [2.45, 2.75) is 59.8 Å². The van der Waals surface area contributed by atoms with E-state index in [4.69, 9.17) is 9.84 Å². The predicted octanol–water partition coefficient (Wildman–Crippen LogP) is 5.25. The number of carboxylic acids is 1. The number of thiophene rings is 1. The summed E-state index contributed by atoms with van der Waals surface area (Å²) in [4.78, 5) is 26.1. The molecule has 1 aromatic heterocycles. The van der Waals surface area contributed by atoms with Gasteiger partial charge in [-0.05, 0) is 78.7 Å². The summed E-state index contributed by atoms with van der Waals surface area (Å²) < 4.78 is 5.40. The van der Waals surface area contributed by atoms with Crippen LogP contribution in [0.1, 0.15) is 68.6 Å². The Labute approximate surface area is 175 Å². The van der Waals surface area contributed by atoms with Crippen molar-refractivity contribution >= 4 is 23.1 Å². The van der Waals surface area contributed by atoms with E-state index in [2.05, 4.69) is 20.8 Å². The molecule has 0 bridgehead atoms. The molecule has 1 heterocycles. The van der Waals surface area contributed by atoms with Gasteiger partial charge in [0.15, 0.2) is 12.4 Å². The van der Waals surface area contributed by atoms with E-state index in [0.29, 0.717) is 29.9 Å². The third-order valence-electron chi connectivity index (χ3n) is 6.77. The molecule has 1 aromatic carbocycles. The quantitative estimate of drug-likeness (QED) is 0.631. The summed E-state index contributed by atoms with van der Waals surface area (Å²) >= 11 is 1.68. The van der Waals surface area contributed by atoms with Gasteiger partial charge in [0.25, 0.3) is 0 Å². The Hall–Kier alpha value is -2.14. The largest absolute Gasteiger partial charge is 0.481 e. The first kappa shape index (κ1) is 20.1. The van der Waals surface area contributed by atoms with Crippen LogP contribution in [0.5, 0.6) is 5.75 Å². The zero-order valence-electron chi connectivity index (χ0n) is 17.7. The number of hydrogen-bond donors (Lipinski definition) is 1. The highest BCUT2D eigenvalue weighted by Crippen LogP contribution is 2.71. The molecule has 4 nitrogen and oxygen atoms in total. The van der Waals surface area contributed by atoms with Gasteiger partial charge in [-0.2, -0.15) is 0 Å². The summed E-state index contributed by atoms with van der Waals surface area (Å²) in [5, 5.41) is 8.82. The number of rotatable bonds is 7. The van der Waals surface area contributed by atoms with Crippen LogP contribution < -0.4 is 4.74 Å². The zero-order valence-corrected chi connectivity index (χ0v) is 18.5. The Morgan fingerprint density at radius 2 is 1.86 bits per heavy atom. The number of aryl methyl sites for hydroxylation is 4. The summed E-state index contributed by atoms with van der Waals surface area (Å²) in [7, 11) is 0. The van der Waals surface area contributed by atoms with Crippen molar-refractivity contribution in [2.24, 2.45) is 11.3 Å². The van der Waals surface area contributed by atoms with E-state index in [9.17, 15) is 9.59 Å². The van der Waals surface area contributed by atoms with Crippen LogP contribution in [-0.2, 0) is 17.6 Å². The van der Waals surface area contributed by atoms with Crippen LogP contribution in [-0.4, -0.2) is 23.5 Å². The molecule has 29 heavy (non-hydrogen) atoms. The maximum absolute atomic E-state index is 13.0. The first-order chi connectivity index (χ1) is 13.6. The average molecular weight is 413 g/mol. The third-order valence-corrected chi connectivity index (χ3v) is 7.98. The minimum atomic E-state index is -0.988. The molecule has 1 saturated carbocycles. The number of carboxylic acid groups (broad SMARTS) is 1. The fraction of sp³-hybridized carbons (Fsp3) is 0.500. The Balaban J connectivity index is 1.46. The highest BCUT2D eigenvalue weighted by molar-refractivity contribution is 7.14. The van der Waals surface area contributed by atoms with Gasteiger partial charge in [0.05, 0.1) is 4.88 Å². The summed E-state index contributed by atoms with van der Waals surface area (Å²) in [5.41, 5.74) is 6.10. The van der Waals surface area contributed by atoms with Gasteiger partial charge in [-0.25, -0.2) is 4.79 Å². The summed E-state index contributed by atoms with van der Waals surface area (Å²) in [6.45, 7) is 10.3. The average Bonchev–Trinajstić information content (AvgIpc) is 2.97. The van der Waals surface area contributed by atoms with Gasteiger partial charge >= 0.3 is 5.97 Å². The predicted molar refractivity (Wildman–Crippen MR) is 114 cm³/mol. The molecule has 2 aliphatic rings. The molecule has 5 heteroatoms. The molecule has 0 aliphatic heterocycles. The van der Waals surface area contributed by atoms with Crippen LogP contribution in [0, 0.1) is 32.1 Å². The van der Waals surface area contributed by atoms with Crippen molar-refractivity contribution < 1.29 is 19.4 Å². The molecule has 154 valence electrons. The highest BCUT2D eigenvalue weighted by Gasteiger charge is 2.63. The number of ketones is 1. The Morgan fingerprint density at radius 1 is 1.21 bits per heavy atom. The van der Waals surface area contributed by atoms with Crippen LogP contribution >= 0.6 is 11.3 Å². The van der Waals surface area contributed by atoms with Crippen molar-refractivity contribution in [1.82, 2.24) is 0 Å². The van der Waals surface area contributed by atoms with Gasteiger partial charge in [0.2, 0.25) is 0 Å². The maximum Gasteiger partial charge on any atom is 0.341 e. The molecule has 2 aliphatic carbocycles. The summed E-state index contributed by atoms with van der Waals surface area (Å²) in [6.07, 6.45) is 2.25. The molecular formula is C24H28O4S. The van der Waals surface area contributed by atoms with Gasteiger partial charge in [-0.15, -0.1) is 11.3 Å². The molecule has 0 unspecified atom stereocenters. The topological polar surface area (TPSA) is 63.6 Å². The number of hydrogen-bond acceptors (Lipinski definition) is 4. The van der Waals surface area contributed by atoms with E-state index in [0.717, 1.165) is 33.9 Å². The first-order valence-corrected chi connectivity index (χ1v) is 11.0. The minimum Gasteiger partial charge on any atom is -0.481 e. The zero-order chi connectivity index (χ0) is 21.1. The molecule has 1 N–H and O–H groups in total. The third kappa shape index (κ3) is 3.39. The van der Waals surface area contributed by atoms with Crippen LogP contribution in [0.3, 0.4) is 0 Å². The van der Waals surface area contributed by atoms with E-state index in [1.165, 1.54) is 16.0 Å². The summed E-state index contributed by atoms with van der Waals surface area (Å²) in [5.74, 6) is 1.25. The van der Waals surface area contributed by atoms with Crippen molar-refractivity contribution in [3.8, 4) is 5.75 Å². The minimum absolute atomic E-state index is 0.250. The number of aliphatic carboxylic acids is 1. The highest BCUT2D eigenvalue weighted by atomic mass is 32.1. The van der Waals surface area contributed by atoms with Gasteiger partial charge in [-0.3, -0.25) is 4.79 Å². The normalized spacial score (nSPS) is 20.9. The molecular weight excluding hydrogens is 384 g/mol. The lowest BCUT2D eigenvalue weighted by molar-refractivity contribution is -0.139. The molecule has 0 spiro atoms. The van der Waals surface area contributed by atoms with E-state index >= 15 is 0 Å². The number of fused-ring (bicyclic) bond motifs is 3. The number of carbonyl (C=O) groups excluding carboxylic acids is 1. The van der Waals surface area contributed by atoms with Gasteiger partial charge in [0, 0.05) is 11.3 Å². The van der Waals surface area contributed by atoms with Gasteiger partial charge < -0.3 is 9.84 Å². The molecule has 0 radical (unpaired) electrons. The molecule has 0 amide bonds. The fourth-order valence-electron chi connectivity index (χ4n) is 5.27. The maximum atomic E-state index is 13.0. The van der Waals surface area contributed by atoms with Crippen LogP contribution in [0.4, 0.5) is 0 Å².